The molecule has 0 bridgehead atoms. The van der Waals surface area contributed by atoms with Gasteiger partial charge < -0.3 is 15.9 Å². The summed E-state index contributed by atoms with van der Waals surface area (Å²) in [6.07, 6.45) is 4.03. The Morgan fingerprint density at radius 2 is 2.11 bits per heavy atom. The summed E-state index contributed by atoms with van der Waals surface area (Å²) >= 11 is 5.98. The Bertz CT molecular complexity index is 488. The predicted molar refractivity (Wildman–Crippen MR) is 69.1 cm³/mol. The number of phenolic OH excluding ortho intramolecular Hbond substituents is 1. The summed E-state index contributed by atoms with van der Waals surface area (Å²) in [6.45, 7) is 0. The molecule has 1 aromatic rings. The van der Waals surface area contributed by atoms with E-state index in [0.717, 1.165) is 36.8 Å². The molecule has 0 aromatic heterocycles. The fourth-order valence-electron chi connectivity index (χ4n) is 2.47. The minimum atomic E-state index is -1.07. The van der Waals surface area contributed by atoms with Gasteiger partial charge in [-0.15, -0.1) is 0 Å². The van der Waals surface area contributed by atoms with Crippen molar-refractivity contribution in [3.63, 3.8) is 0 Å². The van der Waals surface area contributed by atoms with Crippen LogP contribution >= 0.6 is 11.6 Å². The Hall–Kier alpha value is -1.26. The third-order valence-corrected chi connectivity index (χ3v) is 3.72. The van der Waals surface area contributed by atoms with Gasteiger partial charge in [0.25, 0.3) is 0 Å². The highest BCUT2D eigenvalue weighted by atomic mass is 35.5. The molecular weight excluding hydrogens is 254 g/mol. The van der Waals surface area contributed by atoms with Crippen molar-refractivity contribution in [1.82, 2.24) is 0 Å². The van der Waals surface area contributed by atoms with Gasteiger partial charge in [-0.05, 0) is 42.9 Å². The van der Waals surface area contributed by atoms with E-state index in [1.54, 1.807) is 6.07 Å². The van der Waals surface area contributed by atoms with Crippen LogP contribution in [0.1, 0.15) is 29.5 Å². The van der Waals surface area contributed by atoms with Crippen molar-refractivity contribution in [3.8, 4) is 5.75 Å². The molecule has 0 saturated carbocycles. The molecule has 0 saturated heterocycles. The average molecular weight is 270 g/mol. The summed E-state index contributed by atoms with van der Waals surface area (Å²) < 4.78 is 0. The molecule has 0 radical (unpaired) electrons. The van der Waals surface area contributed by atoms with Crippen LogP contribution in [0.5, 0.6) is 5.75 Å². The van der Waals surface area contributed by atoms with Gasteiger partial charge in [-0.1, -0.05) is 11.6 Å². The average Bonchev–Trinajstić information content (AvgIpc) is 2.34. The van der Waals surface area contributed by atoms with E-state index in [-0.39, 0.29) is 17.2 Å². The lowest BCUT2D eigenvalue weighted by atomic mass is 9.85. The van der Waals surface area contributed by atoms with Crippen LogP contribution in [0.15, 0.2) is 6.07 Å². The van der Waals surface area contributed by atoms with Gasteiger partial charge in [0.15, 0.2) is 0 Å². The van der Waals surface area contributed by atoms with Gasteiger partial charge in [-0.25, -0.2) is 0 Å². The molecule has 5 heteroatoms. The van der Waals surface area contributed by atoms with Crippen molar-refractivity contribution in [2.45, 2.75) is 38.1 Å². The van der Waals surface area contributed by atoms with Crippen LogP contribution in [0.3, 0.4) is 0 Å². The number of hydrogen-bond donors (Lipinski definition) is 3. The molecule has 4 nitrogen and oxygen atoms in total. The number of nitrogens with two attached hydrogens (primary N) is 1. The molecule has 18 heavy (non-hydrogen) atoms. The maximum atomic E-state index is 10.8. The zero-order valence-electron chi connectivity index (χ0n) is 9.95. The monoisotopic (exact) mass is 269 g/mol. The van der Waals surface area contributed by atoms with Crippen molar-refractivity contribution in [2.24, 2.45) is 5.73 Å². The second-order valence-electron chi connectivity index (χ2n) is 4.68. The van der Waals surface area contributed by atoms with E-state index < -0.39 is 12.0 Å². The maximum Gasteiger partial charge on any atom is 0.320 e. The zero-order valence-corrected chi connectivity index (χ0v) is 10.7. The van der Waals surface area contributed by atoms with E-state index in [1.165, 1.54) is 0 Å². The van der Waals surface area contributed by atoms with Crippen LogP contribution < -0.4 is 5.73 Å². The van der Waals surface area contributed by atoms with Gasteiger partial charge in [0.2, 0.25) is 0 Å². The predicted octanol–water partition coefficient (Wildman–Crippen LogP) is 1.88. The molecule has 0 amide bonds. The summed E-state index contributed by atoms with van der Waals surface area (Å²) in [5.41, 5.74) is 8.29. The topological polar surface area (TPSA) is 83.5 Å². The summed E-state index contributed by atoms with van der Waals surface area (Å²) in [7, 11) is 0. The van der Waals surface area contributed by atoms with E-state index >= 15 is 0 Å². The summed E-state index contributed by atoms with van der Waals surface area (Å²) in [6, 6.07) is 0.765. The first-order valence-electron chi connectivity index (χ1n) is 6.01. The van der Waals surface area contributed by atoms with Gasteiger partial charge in [0.1, 0.15) is 11.8 Å². The van der Waals surface area contributed by atoms with E-state index in [4.69, 9.17) is 22.4 Å². The second-order valence-corrected chi connectivity index (χ2v) is 5.09. The molecule has 1 unspecified atom stereocenters. The van der Waals surface area contributed by atoms with Crippen LogP contribution in [0.2, 0.25) is 5.02 Å². The Morgan fingerprint density at radius 3 is 2.78 bits per heavy atom. The Labute approximate surface area is 110 Å². The summed E-state index contributed by atoms with van der Waals surface area (Å²) in [5.74, 6) is -1.09. The number of aryl methyl sites for hydroxylation is 1. The van der Waals surface area contributed by atoms with Gasteiger partial charge in [0.05, 0.1) is 5.02 Å². The maximum absolute atomic E-state index is 10.8. The second kappa shape index (κ2) is 5.16. The highest BCUT2D eigenvalue weighted by Crippen LogP contribution is 2.37. The summed E-state index contributed by atoms with van der Waals surface area (Å²) in [5, 5.41) is 19.2. The van der Waals surface area contributed by atoms with Crippen molar-refractivity contribution >= 4 is 17.6 Å². The minimum absolute atomic E-state index is 0.0194. The van der Waals surface area contributed by atoms with Gasteiger partial charge in [-0.2, -0.15) is 0 Å². The van der Waals surface area contributed by atoms with Crippen LogP contribution in [-0.2, 0) is 24.1 Å². The number of rotatable bonds is 3. The molecule has 4 N–H and O–H groups in total. The number of benzene rings is 1. The Morgan fingerprint density at radius 1 is 1.44 bits per heavy atom. The molecule has 0 fully saturated rings. The zero-order chi connectivity index (χ0) is 13.3. The molecule has 0 aliphatic heterocycles. The fraction of sp³-hybridized carbons (Fsp3) is 0.462. The fourth-order valence-corrected chi connectivity index (χ4v) is 2.71. The molecule has 98 valence electrons. The van der Waals surface area contributed by atoms with Crippen LogP contribution in [-0.4, -0.2) is 22.2 Å². The van der Waals surface area contributed by atoms with E-state index in [2.05, 4.69) is 0 Å². The van der Waals surface area contributed by atoms with Crippen LogP contribution in [0, 0.1) is 0 Å². The molecule has 1 aromatic carbocycles. The molecule has 1 aliphatic carbocycles. The van der Waals surface area contributed by atoms with Crippen LogP contribution in [0.25, 0.3) is 0 Å². The first kappa shape index (κ1) is 13.2. The van der Waals surface area contributed by atoms with Crippen molar-refractivity contribution < 1.29 is 15.0 Å². The Balaban J connectivity index is 2.43. The number of aromatic hydroxyl groups is 1. The Kier molecular flexibility index (Phi) is 3.78. The first-order chi connectivity index (χ1) is 8.50. The first-order valence-corrected chi connectivity index (χ1v) is 6.39. The third-order valence-electron chi connectivity index (χ3n) is 3.43. The number of aliphatic carboxylic acids is 1. The number of carbonyl (C=O) groups is 1. The lowest BCUT2D eigenvalue weighted by molar-refractivity contribution is -0.138. The highest BCUT2D eigenvalue weighted by Gasteiger charge is 2.23. The molecule has 1 atom stereocenters. The summed E-state index contributed by atoms with van der Waals surface area (Å²) in [4.78, 5) is 10.8. The number of fused-ring (bicyclic) bond motifs is 1. The normalized spacial score (nSPS) is 16.1. The number of phenols is 1. The standard InChI is InChI=1S/C13H16ClNO3/c14-10-5-7-3-1-2-4-8(7)9(12(10)16)6-11(15)13(17)18/h5,11,16H,1-4,6,15H2,(H,17,18). The molecule has 0 spiro atoms. The smallest absolute Gasteiger partial charge is 0.320 e. The van der Waals surface area contributed by atoms with Gasteiger partial charge in [0, 0.05) is 12.0 Å². The number of halogens is 1. The molecule has 1 aliphatic rings. The van der Waals surface area contributed by atoms with Crippen molar-refractivity contribution in [1.29, 1.82) is 0 Å². The highest BCUT2D eigenvalue weighted by molar-refractivity contribution is 6.32. The molecule has 0 heterocycles. The largest absolute Gasteiger partial charge is 0.506 e. The molecule has 2 rings (SSSR count). The van der Waals surface area contributed by atoms with Gasteiger partial charge >= 0.3 is 5.97 Å². The quantitative estimate of drug-likeness (QED) is 0.782. The van der Waals surface area contributed by atoms with Crippen molar-refractivity contribution in [2.75, 3.05) is 0 Å². The van der Waals surface area contributed by atoms with E-state index in [0.29, 0.717) is 5.56 Å². The number of hydrogen-bond acceptors (Lipinski definition) is 3. The SMILES string of the molecule is NC(Cc1c(O)c(Cl)cc2c1CCCC2)C(=O)O. The van der Waals surface area contributed by atoms with E-state index in [9.17, 15) is 9.90 Å². The number of carboxylic acid groups (broad SMARTS) is 1. The lowest BCUT2D eigenvalue weighted by Crippen LogP contribution is -2.32. The lowest BCUT2D eigenvalue weighted by Gasteiger charge is -2.22. The molecular formula is C13H16ClNO3. The van der Waals surface area contributed by atoms with Crippen LogP contribution in [0.4, 0.5) is 0 Å². The minimum Gasteiger partial charge on any atom is -0.506 e. The third kappa shape index (κ3) is 2.44. The van der Waals surface area contributed by atoms with Crippen molar-refractivity contribution in [3.05, 3.63) is 27.8 Å². The van der Waals surface area contributed by atoms with Gasteiger partial charge in [-0.3, -0.25) is 4.79 Å². The number of carboxylic acids is 1. The van der Waals surface area contributed by atoms with E-state index in [1.807, 2.05) is 0 Å².